The second-order valence-electron chi connectivity index (χ2n) is 6.58. The highest BCUT2D eigenvalue weighted by molar-refractivity contribution is 6.31. The molecule has 4 rings (SSSR count). The van der Waals surface area contributed by atoms with E-state index in [1.165, 1.54) is 16.7 Å². The van der Waals surface area contributed by atoms with Gasteiger partial charge in [-0.25, -0.2) is 13.9 Å². The summed E-state index contributed by atoms with van der Waals surface area (Å²) in [6.45, 7) is 0.372. The van der Waals surface area contributed by atoms with Crippen LogP contribution in [0.25, 0.3) is 0 Å². The van der Waals surface area contributed by atoms with Crippen LogP contribution in [0.15, 0.2) is 47.5 Å². The van der Waals surface area contributed by atoms with Crippen molar-refractivity contribution in [2.45, 2.75) is 31.8 Å². The lowest BCUT2D eigenvalue weighted by Crippen LogP contribution is -2.32. The van der Waals surface area contributed by atoms with E-state index >= 15 is 0 Å². The quantitative estimate of drug-likeness (QED) is 0.728. The first-order chi connectivity index (χ1) is 13.5. The van der Waals surface area contributed by atoms with Crippen LogP contribution in [-0.2, 0) is 17.9 Å². The first-order valence-corrected chi connectivity index (χ1v) is 9.23. The van der Waals surface area contributed by atoms with Crippen LogP contribution in [0.5, 0.6) is 0 Å². The minimum absolute atomic E-state index is 0.0959. The number of pyridine rings is 1. The maximum Gasteiger partial charge on any atom is 0.346 e. The molecule has 0 aliphatic carbocycles. The van der Waals surface area contributed by atoms with Crippen molar-refractivity contribution in [2.24, 2.45) is 0 Å². The van der Waals surface area contributed by atoms with Crippen LogP contribution >= 0.6 is 11.6 Å². The van der Waals surface area contributed by atoms with Gasteiger partial charge in [-0.15, -0.1) is 0 Å². The van der Waals surface area contributed by atoms with Crippen LogP contribution in [0, 0.1) is 5.82 Å². The molecule has 0 spiro atoms. The predicted octanol–water partition coefficient (Wildman–Crippen LogP) is 2.80. The Balaban J connectivity index is 1.64. The standard InChI is InChI=1S/C19H17ClFN5O2/c20-15-6-1-7-16(21)14(15)11-26-19(28)25-9-3-5-13(17(25)24-26)18(27)23-12-4-2-8-22-10-12/h1-2,4,6-8,10,13H,3,5,9,11H2,(H,23,27). The van der Waals surface area contributed by atoms with Gasteiger partial charge in [0.15, 0.2) is 0 Å². The highest BCUT2D eigenvalue weighted by Gasteiger charge is 2.31. The highest BCUT2D eigenvalue weighted by Crippen LogP contribution is 2.26. The molecule has 1 N–H and O–H groups in total. The van der Waals surface area contributed by atoms with Crippen molar-refractivity contribution >= 4 is 23.2 Å². The van der Waals surface area contributed by atoms with Gasteiger partial charge in [0.25, 0.3) is 0 Å². The van der Waals surface area contributed by atoms with Crippen molar-refractivity contribution < 1.29 is 9.18 Å². The molecule has 1 atom stereocenters. The molecule has 3 aromatic rings. The molecule has 0 saturated carbocycles. The number of rotatable bonds is 4. The van der Waals surface area contributed by atoms with E-state index in [2.05, 4.69) is 15.4 Å². The van der Waals surface area contributed by atoms with Crippen LogP contribution in [-0.4, -0.2) is 25.2 Å². The molecule has 1 aliphatic heterocycles. The first kappa shape index (κ1) is 18.4. The van der Waals surface area contributed by atoms with E-state index in [1.807, 2.05) is 0 Å². The average Bonchev–Trinajstić information content (AvgIpc) is 3.01. The minimum Gasteiger partial charge on any atom is -0.324 e. The monoisotopic (exact) mass is 401 g/mol. The largest absolute Gasteiger partial charge is 0.346 e. The molecule has 1 aliphatic rings. The van der Waals surface area contributed by atoms with Crippen molar-refractivity contribution in [2.75, 3.05) is 5.32 Å². The second kappa shape index (κ2) is 7.55. The second-order valence-corrected chi connectivity index (χ2v) is 6.98. The van der Waals surface area contributed by atoms with Crippen molar-refractivity contribution in [3.05, 3.63) is 75.4 Å². The molecule has 1 amide bonds. The van der Waals surface area contributed by atoms with Crippen LogP contribution in [0.3, 0.4) is 0 Å². The maximum absolute atomic E-state index is 14.1. The van der Waals surface area contributed by atoms with Gasteiger partial charge in [-0.3, -0.25) is 14.3 Å². The van der Waals surface area contributed by atoms with Gasteiger partial charge in [0.1, 0.15) is 11.6 Å². The highest BCUT2D eigenvalue weighted by atomic mass is 35.5. The summed E-state index contributed by atoms with van der Waals surface area (Å²) in [5.41, 5.74) is 0.385. The molecular weight excluding hydrogens is 385 g/mol. The number of halogens is 2. The molecule has 9 heteroatoms. The molecule has 7 nitrogen and oxygen atoms in total. The normalized spacial score (nSPS) is 15.9. The lowest BCUT2D eigenvalue weighted by molar-refractivity contribution is -0.118. The summed E-state index contributed by atoms with van der Waals surface area (Å²) in [6, 6.07) is 7.80. The Kier molecular flexibility index (Phi) is 4.95. The number of hydrogen-bond acceptors (Lipinski definition) is 4. The smallest absolute Gasteiger partial charge is 0.324 e. The summed E-state index contributed by atoms with van der Waals surface area (Å²) >= 11 is 6.07. The van der Waals surface area contributed by atoms with Gasteiger partial charge in [-0.1, -0.05) is 17.7 Å². The fraction of sp³-hybridized carbons (Fsp3) is 0.263. The molecule has 0 radical (unpaired) electrons. The van der Waals surface area contributed by atoms with E-state index in [9.17, 15) is 14.0 Å². The number of aromatic nitrogens is 4. The molecule has 1 aromatic carbocycles. The van der Waals surface area contributed by atoms with Gasteiger partial charge in [-0.05, 0) is 37.1 Å². The average molecular weight is 402 g/mol. The Morgan fingerprint density at radius 3 is 2.93 bits per heavy atom. The predicted molar refractivity (Wildman–Crippen MR) is 102 cm³/mol. The van der Waals surface area contributed by atoms with Crippen LogP contribution in [0.4, 0.5) is 10.1 Å². The van der Waals surface area contributed by atoms with Gasteiger partial charge in [-0.2, -0.15) is 5.10 Å². The number of hydrogen-bond donors (Lipinski definition) is 1. The summed E-state index contributed by atoms with van der Waals surface area (Å²) in [5, 5.41) is 7.36. The lowest BCUT2D eigenvalue weighted by atomic mass is 9.98. The molecule has 0 saturated heterocycles. The van der Waals surface area contributed by atoms with Crippen molar-refractivity contribution in [3.8, 4) is 0 Å². The van der Waals surface area contributed by atoms with Crippen molar-refractivity contribution in [3.63, 3.8) is 0 Å². The Bertz CT molecular complexity index is 1060. The third-order valence-electron chi connectivity index (χ3n) is 4.75. The fourth-order valence-corrected chi connectivity index (χ4v) is 3.58. The molecule has 0 bridgehead atoms. The summed E-state index contributed by atoms with van der Waals surface area (Å²) < 4.78 is 16.7. The summed E-state index contributed by atoms with van der Waals surface area (Å²) in [4.78, 5) is 29.4. The molecule has 1 unspecified atom stereocenters. The molecule has 144 valence electrons. The zero-order valence-corrected chi connectivity index (χ0v) is 15.6. The zero-order valence-electron chi connectivity index (χ0n) is 14.8. The third-order valence-corrected chi connectivity index (χ3v) is 5.11. The van der Waals surface area contributed by atoms with Gasteiger partial charge in [0, 0.05) is 23.3 Å². The fourth-order valence-electron chi connectivity index (χ4n) is 3.36. The van der Waals surface area contributed by atoms with E-state index in [-0.39, 0.29) is 28.7 Å². The van der Waals surface area contributed by atoms with E-state index in [1.54, 1.807) is 30.6 Å². The lowest BCUT2D eigenvalue weighted by Gasteiger charge is -2.21. The van der Waals surface area contributed by atoms with Crippen LogP contribution in [0.1, 0.15) is 30.1 Å². The molecule has 2 aromatic heterocycles. The maximum atomic E-state index is 14.1. The number of amides is 1. The van der Waals surface area contributed by atoms with Crippen LogP contribution < -0.4 is 11.0 Å². The van der Waals surface area contributed by atoms with Gasteiger partial charge < -0.3 is 5.32 Å². The van der Waals surface area contributed by atoms with Gasteiger partial charge in [0.05, 0.1) is 24.3 Å². The summed E-state index contributed by atoms with van der Waals surface area (Å²) in [6.07, 6.45) is 4.41. The van der Waals surface area contributed by atoms with E-state index in [0.29, 0.717) is 30.9 Å². The summed E-state index contributed by atoms with van der Waals surface area (Å²) in [5.74, 6) is -0.949. The number of carbonyl (C=O) groups excluding carboxylic acids is 1. The Morgan fingerprint density at radius 1 is 1.32 bits per heavy atom. The molecule has 28 heavy (non-hydrogen) atoms. The van der Waals surface area contributed by atoms with Crippen LogP contribution in [0.2, 0.25) is 5.02 Å². The van der Waals surface area contributed by atoms with Crippen molar-refractivity contribution in [1.29, 1.82) is 0 Å². The van der Waals surface area contributed by atoms with E-state index < -0.39 is 11.7 Å². The summed E-state index contributed by atoms with van der Waals surface area (Å²) in [7, 11) is 0. The number of carbonyl (C=O) groups is 1. The number of benzene rings is 1. The van der Waals surface area contributed by atoms with Gasteiger partial charge in [0.2, 0.25) is 5.91 Å². The Labute approximate surface area is 164 Å². The van der Waals surface area contributed by atoms with E-state index in [0.717, 1.165) is 4.68 Å². The zero-order chi connectivity index (χ0) is 19.7. The van der Waals surface area contributed by atoms with Gasteiger partial charge >= 0.3 is 5.69 Å². The van der Waals surface area contributed by atoms with Crippen molar-refractivity contribution in [1.82, 2.24) is 19.3 Å². The number of nitrogens with one attached hydrogen (secondary N) is 1. The minimum atomic E-state index is -0.570. The molecule has 0 fully saturated rings. The molecular formula is C19H17ClFN5O2. The third kappa shape index (κ3) is 3.43. The first-order valence-electron chi connectivity index (χ1n) is 8.86. The number of nitrogens with zero attached hydrogens (tertiary/aromatic N) is 4. The number of anilines is 1. The number of fused-ring (bicyclic) bond motifs is 1. The van der Waals surface area contributed by atoms with E-state index in [4.69, 9.17) is 11.6 Å². The Hall–Kier alpha value is -3.00. The topological polar surface area (TPSA) is 81.8 Å². The SMILES string of the molecule is O=C(Nc1cccnc1)C1CCCn2c1nn(Cc1c(F)cccc1Cl)c2=O. The Morgan fingerprint density at radius 2 is 2.18 bits per heavy atom. The molecule has 3 heterocycles.